The van der Waals surface area contributed by atoms with E-state index in [9.17, 15) is 8.42 Å². The second-order valence-corrected chi connectivity index (χ2v) is 7.53. The number of sulfonamides is 1. The zero-order valence-corrected chi connectivity index (χ0v) is 13.2. The number of ether oxygens (including phenoxy) is 1. The molecule has 0 aromatic carbocycles. The zero-order valence-electron chi connectivity index (χ0n) is 12.4. The van der Waals surface area contributed by atoms with Crippen LogP contribution in [0.3, 0.4) is 0 Å². The smallest absolute Gasteiger partial charge is 0.211 e. The van der Waals surface area contributed by atoms with Crippen molar-refractivity contribution in [3.63, 3.8) is 0 Å². The number of methoxy groups -OCH3 is 1. The van der Waals surface area contributed by atoms with Crippen molar-refractivity contribution in [3.8, 4) is 0 Å². The highest BCUT2D eigenvalue weighted by Gasteiger charge is 2.41. The zero-order chi connectivity index (χ0) is 14.7. The van der Waals surface area contributed by atoms with Gasteiger partial charge < -0.3 is 10.5 Å². The molecule has 0 aromatic heterocycles. The summed E-state index contributed by atoms with van der Waals surface area (Å²) in [6.45, 7) is 7.80. The highest BCUT2D eigenvalue weighted by molar-refractivity contribution is 7.88. The molecule has 0 amide bonds. The maximum Gasteiger partial charge on any atom is 0.211 e. The van der Waals surface area contributed by atoms with Gasteiger partial charge in [-0.3, -0.25) is 4.90 Å². The molecule has 1 atom stereocenters. The van der Waals surface area contributed by atoms with Crippen molar-refractivity contribution >= 4 is 10.0 Å². The van der Waals surface area contributed by atoms with E-state index in [-0.39, 0.29) is 5.54 Å². The molecule has 1 fully saturated rings. The van der Waals surface area contributed by atoms with Crippen LogP contribution in [0, 0.1) is 5.92 Å². The number of nitrogens with zero attached hydrogens (tertiary/aromatic N) is 2. The fraction of sp³-hybridized carbons (Fsp3) is 1.00. The van der Waals surface area contributed by atoms with Crippen LogP contribution in [0.1, 0.15) is 13.8 Å². The lowest BCUT2D eigenvalue weighted by molar-refractivity contribution is -0.0304. The van der Waals surface area contributed by atoms with Gasteiger partial charge in [-0.1, -0.05) is 13.8 Å². The average Bonchev–Trinajstić information content (AvgIpc) is 2.35. The van der Waals surface area contributed by atoms with Crippen molar-refractivity contribution in [2.45, 2.75) is 19.4 Å². The molecule has 1 heterocycles. The van der Waals surface area contributed by atoms with E-state index in [2.05, 4.69) is 18.7 Å². The molecule has 0 aliphatic carbocycles. The number of hydrogen-bond donors (Lipinski definition) is 1. The van der Waals surface area contributed by atoms with E-state index in [1.807, 2.05) is 0 Å². The summed E-state index contributed by atoms with van der Waals surface area (Å²) in [5.74, 6) is 0.349. The minimum Gasteiger partial charge on any atom is -0.383 e. The molecule has 19 heavy (non-hydrogen) atoms. The van der Waals surface area contributed by atoms with Gasteiger partial charge in [0.1, 0.15) is 0 Å². The van der Waals surface area contributed by atoms with Crippen LogP contribution in [-0.2, 0) is 14.8 Å². The fourth-order valence-corrected chi connectivity index (χ4v) is 3.59. The van der Waals surface area contributed by atoms with Gasteiger partial charge in [-0.2, -0.15) is 4.31 Å². The Morgan fingerprint density at radius 1 is 1.26 bits per heavy atom. The third-order valence-corrected chi connectivity index (χ3v) is 5.46. The Labute approximate surface area is 116 Å². The van der Waals surface area contributed by atoms with Gasteiger partial charge in [-0.05, 0) is 5.92 Å². The van der Waals surface area contributed by atoms with E-state index in [0.29, 0.717) is 45.2 Å². The Bertz CT molecular complexity index is 378. The molecule has 1 unspecified atom stereocenters. The first kappa shape index (κ1) is 16.8. The van der Waals surface area contributed by atoms with Gasteiger partial charge in [0, 0.05) is 39.8 Å². The van der Waals surface area contributed by atoms with Crippen LogP contribution >= 0.6 is 0 Å². The Morgan fingerprint density at radius 2 is 1.79 bits per heavy atom. The second-order valence-electron chi connectivity index (χ2n) is 5.54. The van der Waals surface area contributed by atoms with E-state index in [1.165, 1.54) is 10.6 Å². The standard InChI is InChI=1S/C12H27N3O3S/c1-11(2)12(9-13,10-18-3)14-5-7-15(8-6-14)19(4,16)17/h11H,5-10,13H2,1-4H3. The molecule has 1 aliphatic heterocycles. The van der Waals surface area contributed by atoms with Crippen molar-refractivity contribution in [2.24, 2.45) is 11.7 Å². The number of hydrogen-bond acceptors (Lipinski definition) is 5. The van der Waals surface area contributed by atoms with E-state index >= 15 is 0 Å². The summed E-state index contributed by atoms with van der Waals surface area (Å²) in [5, 5.41) is 0. The van der Waals surface area contributed by atoms with E-state index < -0.39 is 10.0 Å². The van der Waals surface area contributed by atoms with Crippen LogP contribution in [-0.4, -0.2) is 75.9 Å². The molecule has 0 radical (unpaired) electrons. The third kappa shape index (κ3) is 3.66. The molecular formula is C12H27N3O3S. The van der Waals surface area contributed by atoms with Crippen LogP contribution in [0.25, 0.3) is 0 Å². The van der Waals surface area contributed by atoms with Crippen molar-refractivity contribution in [3.05, 3.63) is 0 Å². The van der Waals surface area contributed by atoms with Crippen molar-refractivity contribution < 1.29 is 13.2 Å². The highest BCUT2D eigenvalue weighted by Crippen LogP contribution is 2.26. The predicted octanol–water partition coefficient (Wildman–Crippen LogP) is -0.436. The Kier molecular flexibility index (Phi) is 5.76. The van der Waals surface area contributed by atoms with Gasteiger partial charge in [0.25, 0.3) is 0 Å². The SMILES string of the molecule is COCC(CN)(C(C)C)N1CCN(S(C)(=O)=O)CC1. The van der Waals surface area contributed by atoms with Crippen molar-refractivity contribution in [2.75, 3.05) is 52.7 Å². The van der Waals surface area contributed by atoms with Gasteiger partial charge in [0.2, 0.25) is 10.0 Å². The fourth-order valence-electron chi connectivity index (χ4n) is 2.76. The third-order valence-electron chi connectivity index (χ3n) is 4.16. The maximum atomic E-state index is 11.5. The lowest BCUT2D eigenvalue weighted by Crippen LogP contribution is -2.65. The highest BCUT2D eigenvalue weighted by atomic mass is 32.2. The summed E-state index contributed by atoms with van der Waals surface area (Å²) < 4.78 is 29.9. The van der Waals surface area contributed by atoms with Gasteiger partial charge in [0.05, 0.1) is 18.4 Å². The molecule has 0 spiro atoms. The van der Waals surface area contributed by atoms with Gasteiger partial charge >= 0.3 is 0 Å². The minimum absolute atomic E-state index is 0.210. The largest absolute Gasteiger partial charge is 0.383 e. The summed E-state index contributed by atoms with van der Waals surface area (Å²) in [7, 11) is -1.41. The molecule has 6 nitrogen and oxygen atoms in total. The lowest BCUT2D eigenvalue weighted by Gasteiger charge is -2.49. The first-order chi connectivity index (χ1) is 8.78. The lowest BCUT2D eigenvalue weighted by atomic mass is 9.84. The van der Waals surface area contributed by atoms with Crippen LogP contribution in [0.15, 0.2) is 0 Å². The van der Waals surface area contributed by atoms with Crippen molar-refractivity contribution in [1.82, 2.24) is 9.21 Å². The predicted molar refractivity (Wildman–Crippen MR) is 76.5 cm³/mol. The summed E-state index contributed by atoms with van der Waals surface area (Å²) in [5.41, 5.74) is 5.78. The number of rotatable bonds is 6. The quantitative estimate of drug-likeness (QED) is 0.719. The minimum atomic E-state index is -3.09. The molecule has 1 aliphatic rings. The Balaban J connectivity index is 2.80. The summed E-state index contributed by atoms with van der Waals surface area (Å²) in [6.07, 6.45) is 1.26. The van der Waals surface area contributed by atoms with E-state index in [1.54, 1.807) is 7.11 Å². The number of piperazine rings is 1. The van der Waals surface area contributed by atoms with Crippen LogP contribution < -0.4 is 5.73 Å². The summed E-state index contributed by atoms with van der Waals surface area (Å²) >= 11 is 0. The van der Waals surface area contributed by atoms with Gasteiger partial charge in [0.15, 0.2) is 0 Å². The molecule has 114 valence electrons. The normalized spacial score (nSPS) is 22.6. The molecule has 1 saturated heterocycles. The van der Waals surface area contributed by atoms with Crippen LogP contribution in [0.2, 0.25) is 0 Å². The summed E-state index contributed by atoms with van der Waals surface area (Å²) in [6, 6.07) is 0. The first-order valence-corrected chi connectivity index (χ1v) is 8.52. The van der Waals surface area contributed by atoms with E-state index in [0.717, 1.165) is 0 Å². The number of nitrogens with two attached hydrogens (primary N) is 1. The van der Waals surface area contributed by atoms with Crippen molar-refractivity contribution in [1.29, 1.82) is 0 Å². The average molecular weight is 293 g/mol. The molecular weight excluding hydrogens is 266 g/mol. The summed E-state index contributed by atoms with van der Waals surface area (Å²) in [4.78, 5) is 2.28. The van der Waals surface area contributed by atoms with Gasteiger partial charge in [-0.15, -0.1) is 0 Å². The molecule has 7 heteroatoms. The Morgan fingerprint density at radius 3 is 2.11 bits per heavy atom. The maximum absolute atomic E-state index is 11.5. The van der Waals surface area contributed by atoms with E-state index in [4.69, 9.17) is 10.5 Å². The molecule has 2 N–H and O–H groups in total. The monoisotopic (exact) mass is 293 g/mol. The van der Waals surface area contributed by atoms with Crippen LogP contribution in [0.5, 0.6) is 0 Å². The molecule has 0 bridgehead atoms. The molecule has 0 aromatic rings. The first-order valence-electron chi connectivity index (χ1n) is 6.67. The second kappa shape index (κ2) is 6.49. The van der Waals surface area contributed by atoms with Gasteiger partial charge in [-0.25, -0.2) is 8.42 Å². The van der Waals surface area contributed by atoms with Crippen LogP contribution in [0.4, 0.5) is 0 Å². The topological polar surface area (TPSA) is 75.9 Å². The molecule has 0 saturated carbocycles. The molecule has 1 rings (SSSR count). The Hall–Kier alpha value is -0.210.